The Hall–Kier alpha value is -2.68. The summed E-state index contributed by atoms with van der Waals surface area (Å²) in [7, 11) is 0. The zero-order valence-electron chi connectivity index (χ0n) is 20.2. The van der Waals surface area contributed by atoms with Crippen LogP contribution in [0.5, 0.6) is 5.75 Å². The third-order valence-electron chi connectivity index (χ3n) is 7.83. The van der Waals surface area contributed by atoms with Crippen LogP contribution in [0.2, 0.25) is 0 Å². The summed E-state index contributed by atoms with van der Waals surface area (Å²) in [6.07, 6.45) is 9.39. The first-order chi connectivity index (χ1) is 16.5. The standard InChI is InChI=1S/C31H34F2O/c1-3-4-21-6-9-22(10-7-21)23-11-13-24(14-12-23)25-15-17-26(18-16-25)28-19-27-8-5-20(2)34-31(27)30(33)29(28)32/h11-22H,3-10H2,1-2H3. The van der Waals surface area contributed by atoms with Crippen molar-refractivity contribution in [3.8, 4) is 28.0 Å². The Morgan fingerprint density at radius 2 is 1.41 bits per heavy atom. The molecule has 2 aliphatic rings. The van der Waals surface area contributed by atoms with Gasteiger partial charge in [0, 0.05) is 5.56 Å². The quantitative estimate of drug-likeness (QED) is 0.369. The van der Waals surface area contributed by atoms with Crippen molar-refractivity contribution in [2.45, 2.75) is 77.2 Å². The zero-order valence-corrected chi connectivity index (χ0v) is 20.2. The lowest BCUT2D eigenvalue weighted by atomic mass is 9.77. The Balaban J connectivity index is 1.32. The lowest BCUT2D eigenvalue weighted by molar-refractivity contribution is 0.180. The van der Waals surface area contributed by atoms with Crippen molar-refractivity contribution in [1.29, 1.82) is 0 Å². The van der Waals surface area contributed by atoms with E-state index in [9.17, 15) is 8.78 Å². The molecular weight excluding hydrogens is 426 g/mol. The number of rotatable bonds is 5. The highest BCUT2D eigenvalue weighted by Gasteiger charge is 2.26. The van der Waals surface area contributed by atoms with E-state index < -0.39 is 11.6 Å². The van der Waals surface area contributed by atoms with Gasteiger partial charge in [-0.1, -0.05) is 68.3 Å². The van der Waals surface area contributed by atoms with Crippen molar-refractivity contribution in [2.24, 2.45) is 5.92 Å². The van der Waals surface area contributed by atoms with Gasteiger partial charge in [0.15, 0.2) is 11.6 Å². The van der Waals surface area contributed by atoms with Gasteiger partial charge in [-0.25, -0.2) is 4.39 Å². The van der Waals surface area contributed by atoms with Gasteiger partial charge in [0.05, 0.1) is 6.10 Å². The topological polar surface area (TPSA) is 9.23 Å². The molecule has 0 saturated heterocycles. The van der Waals surface area contributed by atoms with E-state index >= 15 is 0 Å². The van der Waals surface area contributed by atoms with E-state index in [1.807, 2.05) is 31.2 Å². The van der Waals surface area contributed by atoms with Crippen LogP contribution in [-0.4, -0.2) is 6.10 Å². The SMILES string of the molecule is CCCC1CCC(c2ccc(-c3ccc(-c4cc5c(c(F)c4F)OC(C)CC5)cc3)cc2)CC1. The van der Waals surface area contributed by atoms with Gasteiger partial charge in [-0.15, -0.1) is 0 Å². The lowest BCUT2D eigenvalue weighted by Crippen LogP contribution is -2.20. The third kappa shape index (κ3) is 4.62. The fourth-order valence-electron chi connectivity index (χ4n) is 5.79. The summed E-state index contributed by atoms with van der Waals surface area (Å²) >= 11 is 0. The minimum atomic E-state index is -0.873. The minimum Gasteiger partial charge on any atom is -0.487 e. The van der Waals surface area contributed by atoms with Crippen LogP contribution in [0, 0.1) is 17.6 Å². The Kier molecular flexibility index (Phi) is 6.72. The molecule has 34 heavy (non-hydrogen) atoms. The second kappa shape index (κ2) is 9.90. The van der Waals surface area contributed by atoms with Crippen molar-refractivity contribution < 1.29 is 13.5 Å². The largest absolute Gasteiger partial charge is 0.487 e. The van der Waals surface area contributed by atoms with E-state index in [1.54, 1.807) is 6.07 Å². The second-order valence-corrected chi connectivity index (χ2v) is 10.2. The fourth-order valence-corrected chi connectivity index (χ4v) is 5.79. The Morgan fingerprint density at radius 1 is 0.794 bits per heavy atom. The first kappa shape index (κ1) is 23.1. The summed E-state index contributed by atoms with van der Waals surface area (Å²) in [5, 5.41) is 0. The summed E-state index contributed by atoms with van der Waals surface area (Å²) in [4.78, 5) is 0. The van der Waals surface area contributed by atoms with Crippen molar-refractivity contribution in [3.05, 3.63) is 77.4 Å². The molecule has 1 unspecified atom stereocenters. The van der Waals surface area contributed by atoms with E-state index in [-0.39, 0.29) is 11.9 Å². The smallest absolute Gasteiger partial charge is 0.201 e. The zero-order chi connectivity index (χ0) is 23.7. The Bertz CT molecular complexity index is 1130. The highest BCUT2D eigenvalue weighted by Crippen LogP contribution is 2.39. The summed E-state index contributed by atoms with van der Waals surface area (Å²) in [6.45, 7) is 4.17. The van der Waals surface area contributed by atoms with Gasteiger partial charge in [0.2, 0.25) is 5.82 Å². The number of benzene rings is 3. The van der Waals surface area contributed by atoms with E-state index in [0.29, 0.717) is 23.5 Å². The molecule has 178 valence electrons. The first-order valence-corrected chi connectivity index (χ1v) is 12.9. The number of ether oxygens (including phenoxy) is 1. The molecule has 1 nitrogen and oxygen atoms in total. The number of fused-ring (bicyclic) bond motifs is 1. The maximum atomic E-state index is 14.9. The summed E-state index contributed by atoms with van der Waals surface area (Å²) in [6, 6.07) is 18.4. The molecule has 3 aromatic carbocycles. The predicted molar refractivity (Wildman–Crippen MR) is 135 cm³/mol. The van der Waals surface area contributed by atoms with Gasteiger partial charge < -0.3 is 4.74 Å². The van der Waals surface area contributed by atoms with Gasteiger partial charge in [-0.2, -0.15) is 4.39 Å². The van der Waals surface area contributed by atoms with Gasteiger partial charge in [0.1, 0.15) is 0 Å². The van der Waals surface area contributed by atoms with Gasteiger partial charge in [0.25, 0.3) is 0 Å². The predicted octanol–water partition coefficient (Wildman–Crippen LogP) is 9.09. The van der Waals surface area contributed by atoms with Crippen molar-refractivity contribution in [3.63, 3.8) is 0 Å². The van der Waals surface area contributed by atoms with Crippen LogP contribution in [0.15, 0.2) is 54.6 Å². The third-order valence-corrected chi connectivity index (χ3v) is 7.83. The molecule has 0 amide bonds. The molecule has 0 bridgehead atoms. The minimum absolute atomic E-state index is 0.0792. The molecule has 0 N–H and O–H groups in total. The molecule has 1 fully saturated rings. The van der Waals surface area contributed by atoms with E-state index in [0.717, 1.165) is 29.0 Å². The number of halogens is 2. The molecule has 0 spiro atoms. The highest BCUT2D eigenvalue weighted by atomic mass is 19.2. The van der Waals surface area contributed by atoms with E-state index in [1.165, 1.54) is 44.1 Å². The molecule has 0 radical (unpaired) electrons. The van der Waals surface area contributed by atoms with Crippen LogP contribution in [0.4, 0.5) is 8.78 Å². The molecule has 3 heteroatoms. The van der Waals surface area contributed by atoms with Crippen molar-refractivity contribution >= 4 is 0 Å². The van der Waals surface area contributed by atoms with Crippen LogP contribution in [-0.2, 0) is 6.42 Å². The van der Waals surface area contributed by atoms with Crippen LogP contribution in [0.1, 0.15) is 75.8 Å². The van der Waals surface area contributed by atoms with Gasteiger partial charge >= 0.3 is 0 Å². The van der Waals surface area contributed by atoms with Gasteiger partial charge in [-0.3, -0.25) is 0 Å². The summed E-state index contributed by atoms with van der Waals surface area (Å²) < 4.78 is 35.1. The summed E-state index contributed by atoms with van der Waals surface area (Å²) in [5.74, 6) is -0.0291. The normalized spacial score (nSPS) is 22.2. The Morgan fingerprint density at radius 3 is 2.06 bits per heavy atom. The monoisotopic (exact) mass is 460 g/mol. The molecule has 3 aromatic rings. The maximum absolute atomic E-state index is 14.9. The molecular formula is C31H34F2O. The molecule has 0 aromatic heterocycles. The summed E-state index contributed by atoms with van der Waals surface area (Å²) in [5.41, 5.74) is 5.40. The second-order valence-electron chi connectivity index (χ2n) is 10.2. The number of hydrogen-bond acceptors (Lipinski definition) is 1. The number of hydrogen-bond donors (Lipinski definition) is 0. The molecule has 1 atom stereocenters. The first-order valence-electron chi connectivity index (χ1n) is 12.9. The highest BCUT2D eigenvalue weighted by molar-refractivity contribution is 5.72. The van der Waals surface area contributed by atoms with E-state index in [2.05, 4.69) is 31.2 Å². The number of aryl methyl sites for hydroxylation is 1. The van der Waals surface area contributed by atoms with E-state index in [4.69, 9.17) is 4.74 Å². The Labute approximate surface area is 202 Å². The van der Waals surface area contributed by atoms with Crippen LogP contribution in [0.3, 0.4) is 0 Å². The maximum Gasteiger partial charge on any atom is 0.201 e. The molecule has 5 rings (SSSR count). The fraction of sp³-hybridized carbons (Fsp3) is 0.419. The molecule has 1 heterocycles. The van der Waals surface area contributed by atoms with Crippen molar-refractivity contribution in [2.75, 3.05) is 0 Å². The average molecular weight is 461 g/mol. The van der Waals surface area contributed by atoms with Crippen molar-refractivity contribution in [1.82, 2.24) is 0 Å². The van der Waals surface area contributed by atoms with Crippen LogP contribution >= 0.6 is 0 Å². The molecule has 1 aliphatic carbocycles. The lowest BCUT2D eigenvalue weighted by Gasteiger charge is -2.28. The van der Waals surface area contributed by atoms with Crippen LogP contribution < -0.4 is 4.74 Å². The van der Waals surface area contributed by atoms with Crippen LogP contribution in [0.25, 0.3) is 22.3 Å². The molecule has 1 saturated carbocycles. The molecule has 1 aliphatic heterocycles. The average Bonchev–Trinajstić information content (AvgIpc) is 2.87. The van der Waals surface area contributed by atoms with Gasteiger partial charge in [-0.05, 0) is 91.2 Å².